The molecular weight excluding hydrogens is 262 g/mol. The molecule has 5 heteroatoms. The van der Waals surface area contributed by atoms with E-state index < -0.39 is 0 Å². The van der Waals surface area contributed by atoms with Gasteiger partial charge in [0, 0.05) is 11.3 Å². The zero-order valence-corrected chi connectivity index (χ0v) is 13.1. The zero-order valence-electron chi connectivity index (χ0n) is 11.5. The van der Waals surface area contributed by atoms with E-state index in [0.717, 1.165) is 10.9 Å². The average molecular weight is 285 g/mol. The van der Waals surface area contributed by atoms with Gasteiger partial charge in [0.2, 0.25) is 0 Å². The van der Waals surface area contributed by atoms with Crippen LogP contribution in [0.3, 0.4) is 0 Å². The number of nitrogens with zero attached hydrogens (tertiary/aromatic N) is 2. The van der Waals surface area contributed by atoms with Crippen LogP contribution in [0.1, 0.15) is 46.5 Å². The first-order valence-electron chi connectivity index (χ1n) is 6.77. The third kappa shape index (κ3) is 3.93. The van der Waals surface area contributed by atoms with Crippen LogP contribution in [-0.2, 0) is 0 Å². The quantitative estimate of drug-likeness (QED) is 0.897. The van der Waals surface area contributed by atoms with Crippen molar-refractivity contribution in [3.8, 4) is 0 Å². The van der Waals surface area contributed by atoms with Crippen LogP contribution in [-0.4, -0.2) is 27.2 Å². The van der Waals surface area contributed by atoms with Crippen LogP contribution >= 0.6 is 23.3 Å². The van der Waals surface area contributed by atoms with Gasteiger partial charge in [0.25, 0.3) is 0 Å². The van der Waals surface area contributed by atoms with Gasteiger partial charge in [-0.15, -0.1) is 0 Å². The van der Waals surface area contributed by atoms with Crippen molar-refractivity contribution >= 4 is 23.3 Å². The van der Waals surface area contributed by atoms with Gasteiger partial charge in [-0.2, -0.15) is 4.37 Å². The molecule has 1 saturated carbocycles. The monoisotopic (exact) mass is 285 g/mol. The first-order valence-corrected chi connectivity index (χ1v) is 8.43. The van der Waals surface area contributed by atoms with Crippen LogP contribution < -0.4 is 5.32 Å². The van der Waals surface area contributed by atoms with Crippen molar-refractivity contribution in [3.63, 3.8) is 0 Å². The molecule has 0 spiro atoms. The largest absolute Gasteiger partial charge is 0.313 e. The van der Waals surface area contributed by atoms with Gasteiger partial charge in [0.15, 0.2) is 4.34 Å². The van der Waals surface area contributed by atoms with Crippen LogP contribution in [0.25, 0.3) is 0 Å². The molecule has 1 N–H and O–H groups in total. The van der Waals surface area contributed by atoms with Crippen LogP contribution in [0.2, 0.25) is 0 Å². The molecule has 0 bridgehead atoms. The lowest BCUT2D eigenvalue weighted by molar-refractivity contribution is 0.214. The predicted molar refractivity (Wildman–Crippen MR) is 79.3 cm³/mol. The van der Waals surface area contributed by atoms with Crippen molar-refractivity contribution in [2.75, 3.05) is 6.54 Å². The fourth-order valence-corrected chi connectivity index (χ4v) is 4.80. The smallest absolute Gasteiger partial charge is 0.170 e. The number of hydrogen-bond acceptors (Lipinski definition) is 5. The molecule has 1 aliphatic rings. The molecule has 1 aliphatic carbocycles. The highest BCUT2D eigenvalue weighted by Gasteiger charge is 2.35. The van der Waals surface area contributed by atoms with Crippen LogP contribution in [0.5, 0.6) is 0 Å². The van der Waals surface area contributed by atoms with Gasteiger partial charge in [-0.1, -0.05) is 32.5 Å². The highest BCUT2D eigenvalue weighted by molar-refractivity contribution is 8.01. The maximum Gasteiger partial charge on any atom is 0.170 e. The van der Waals surface area contributed by atoms with Crippen molar-refractivity contribution in [2.45, 2.75) is 62.1 Å². The molecule has 18 heavy (non-hydrogen) atoms. The van der Waals surface area contributed by atoms with Crippen molar-refractivity contribution in [3.05, 3.63) is 6.33 Å². The Labute approximate surface area is 118 Å². The van der Waals surface area contributed by atoms with E-state index in [1.54, 1.807) is 6.33 Å². The number of hydrogen-bond donors (Lipinski definition) is 1. The predicted octanol–water partition coefficient (Wildman–Crippen LogP) is 3.58. The lowest BCUT2D eigenvalue weighted by Gasteiger charge is -2.40. The SMILES string of the molecule is CCCNC1CCC(C)(C)CC1Sc1ncns1. The maximum atomic E-state index is 4.32. The highest BCUT2D eigenvalue weighted by atomic mass is 32.2. The maximum absolute atomic E-state index is 4.32. The summed E-state index contributed by atoms with van der Waals surface area (Å²) < 4.78 is 5.21. The Morgan fingerprint density at radius 2 is 2.39 bits per heavy atom. The molecule has 1 heterocycles. The van der Waals surface area contributed by atoms with Crippen LogP contribution in [0, 0.1) is 5.41 Å². The standard InChI is InChI=1S/C13H23N3S2/c1-4-7-14-10-5-6-13(2,3)8-11(10)17-12-15-9-16-18-12/h9-11,14H,4-8H2,1-3H3. The number of rotatable bonds is 5. The Hall–Kier alpha value is -0.130. The summed E-state index contributed by atoms with van der Waals surface area (Å²) in [4.78, 5) is 4.32. The molecule has 3 nitrogen and oxygen atoms in total. The molecule has 0 aromatic carbocycles. The van der Waals surface area contributed by atoms with Crippen LogP contribution in [0.4, 0.5) is 0 Å². The second-order valence-corrected chi connectivity index (χ2v) is 8.10. The summed E-state index contributed by atoms with van der Waals surface area (Å²) >= 11 is 3.43. The van der Waals surface area contributed by atoms with Gasteiger partial charge >= 0.3 is 0 Å². The van der Waals surface area contributed by atoms with Gasteiger partial charge in [-0.25, -0.2) is 4.98 Å². The summed E-state index contributed by atoms with van der Waals surface area (Å²) in [5.41, 5.74) is 0.465. The molecule has 1 aromatic rings. The minimum absolute atomic E-state index is 0.465. The molecule has 0 saturated heterocycles. The summed E-state index contributed by atoms with van der Waals surface area (Å²) in [5.74, 6) is 0. The molecule has 0 aliphatic heterocycles. The number of thioether (sulfide) groups is 1. The van der Waals surface area contributed by atoms with E-state index in [-0.39, 0.29) is 0 Å². The Morgan fingerprint density at radius 1 is 1.56 bits per heavy atom. The van der Waals surface area contributed by atoms with Gasteiger partial charge in [0.05, 0.1) is 0 Å². The molecular formula is C13H23N3S2. The van der Waals surface area contributed by atoms with Crippen molar-refractivity contribution in [2.24, 2.45) is 5.41 Å². The molecule has 0 amide bonds. The van der Waals surface area contributed by atoms with E-state index in [9.17, 15) is 0 Å². The van der Waals surface area contributed by atoms with Gasteiger partial charge in [0.1, 0.15) is 6.33 Å². The molecule has 102 valence electrons. The lowest BCUT2D eigenvalue weighted by atomic mass is 9.75. The van der Waals surface area contributed by atoms with Crippen LogP contribution in [0.15, 0.2) is 10.7 Å². The second-order valence-electron chi connectivity index (χ2n) is 5.83. The van der Waals surface area contributed by atoms with Crippen molar-refractivity contribution in [1.82, 2.24) is 14.7 Å². The van der Waals surface area contributed by atoms with Crippen molar-refractivity contribution < 1.29 is 0 Å². The zero-order chi connectivity index (χ0) is 13.0. The molecule has 1 aromatic heterocycles. The normalized spacial score (nSPS) is 27.3. The lowest BCUT2D eigenvalue weighted by Crippen LogP contribution is -2.45. The van der Waals surface area contributed by atoms with E-state index >= 15 is 0 Å². The molecule has 0 radical (unpaired) electrons. The highest BCUT2D eigenvalue weighted by Crippen LogP contribution is 2.42. The van der Waals surface area contributed by atoms with E-state index in [1.165, 1.54) is 37.2 Å². The third-order valence-corrected chi connectivity index (χ3v) is 5.66. The second kappa shape index (κ2) is 6.35. The number of nitrogens with one attached hydrogen (secondary N) is 1. The summed E-state index contributed by atoms with van der Waals surface area (Å²) in [6, 6.07) is 0.631. The van der Waals surface area contributed by atoms with Crippen molar-refractivity contribution in [1.29, 1.82) is 0 Å². The first kappa shape index (κ1) is 14.3. The molecule has 2 atom stereocenters. The Kier molecular flexibility index (Phi) is 5.04. The summed E-state index contributed by atoms with van der Waals surface area (Å²) in [6.07, 6.45) is 6.73. The topological polar surface area (TPSA) is 37.8 Å². The Balaban J connectivity index is 1.99. The minimum Gasteiger partial charge on any atom is -0.313 e. The van der Waals surface area contributed by atoms with E-state index in [2.05, 4.69) is 35.4 Å². The van der Waals surface area contributed by atoms with Gasteiger partial charge < -0.3 is 5.32 Å². The van der Waals surface area contributed by atoms with E-state index in [4.69, 9.17) is 0 Å². The number of aromatic nitrogens is 2. The molecule has 1 fully saturated rings. The minimum atomic E-state index is 0.465. The summed E-state index contributed by atoms with van der Waals surface area (Å²) in [6.45, 7) is 8.12. The average Bonchev–Trinajstić information content (AvgIpc) is 2.80. The first-order chi connectivity index (χ1) is 8.61. The Morgan fingerprint density at radius 3 is 3.06 bits per heavy atom. The third-order valence-electron chi connectivity index (χ3n) is 3.58. The molecule has 2 unspecified atom stereocenters. The summed E-state index contributed by atoms with van der Waals surface area (Å²) in [5, 5.41) is 4.34. The fourth-order valence-electron chi connectivity index (χ4n) is 2.55. The van der Waals surface area contributed by atoms with E-state index in [1.807, 2.05) is 11.8 Å². The fraction of sp³-hybridized carbons (Fsp3) is 0.846. The molecule has 2 rings (SSSR count). The Bertz CT molecular complexity index is 351. The summed E-state index contributed by atoms with van der Waals surface area (Å²) in [7, 11) is 0. The van der Waals surface area contributed by atoms with Gasteiger partial charge in [-0.05, 0) is 49.2 Å². The van der Waals surface area contributed by atoms with E-state index in [0.29, 0.717) is 16.7 Å². The van der Waals surface area contributed by atoms with Gasteiger partial charge in [-0.3, -0.25) is 0 Å².